The van der Waals surface area contributed by atoms with Crippen LogP contribution in [0.3, 0.4) is 0 Å². The smallest absolute Gasteiger partial charge is 0.280 e. The van der Waals surface area contributed by atoms with Crippen molar-refractivity contribution in [2.45, 2.75) is 16.6 Å². The highest BCUT2D eigenvalue weighted by atomic mass is 32.2. The van der Waals surface area contributed by atoms with E-state index in [1.165, 1.54) is 24.3 Å². The summed E-state index contributed by atoms with van der Waals surface area (Å²) in [6.07, 6.45) is 1.38. The topological polar surface area (TPSA) is 118 Å². The molecule has 1 atom stereocenters. The zero-order valence-electron chi connectivity index (χ0n) is 13.3. The highest BCUT2D eigenvalue weighted by Gasteiger charge is 2.31. The molecule has 2 heterocycles. The van der Waals surface area contributed by atoms with E-state index in [-0.39, 0.29) is 27.9 Å². The van der Waals surface area contributed by atoms with Crippen molar-refractivity contribution in [1.29, 1.82) is 0 Å². The molecule has 0 unspecified atom stereocenters. The van der Waals surface area contributed by atoms with Gasteiger partial charge in [0.05, 0.1) is 22.9 Å². The van der Waals surface area contributed by atoms with Crippen LogP contribution in [0.5, 0.6) is 0 Å². The Balaban J connectivity index is 1.78. The van der Waals surface area contributed by atoms with Gasteiger partial charge >= 0.3 is 0 Å². The summed E-state index contributed by atoms with van der Waals surface area (Å²) in [5.41, 5.74) is -0.155. The molecule has 1 amide bonds. The van der Waals surface area contributed by atoms with Crippen LogP contribution < -0.4 is 5.32 Å². The van der Waals surface area contributed by atoms with Crippen molar-refractivity contribution in [2.75, 3.05) is 18.5 Å². The highest BCUT2D eigenvalue weighted by molar-refractivity contribution is 7.92. The molecule has 0 bridgehead atoms. The zero-order valence-corrected chi connectivity index (χ0v) is 14.9. The van der Waals surface area contributed by atoms with Crippen LogP contribution in [0.2, 0.25) is 0 Å². The normalized spacial score (nSPS) is 18.0. The molecule has 2 aromatic rings. The third-order valence-corrected chi connectivity index (χ3v) is 6.68. The Morgan fingerprint density at radius 1 is 1.38 bits per heavy atom. The van der Waals surface area contributed by atoms with Crippen molar-refractivity contribution in [3.05, 3.63) is 41.2 Å². The summed E-state index contributed by atoms with van der Waals surface area (Å²) in [6, 6.07) is 5.40. The number of aromatic nitrogens is 1. The highest BCUT2D eigenvalue weighted by Crippen LogP contribution is 2.23. The van der Waals surface area contributed by atoms with Crippen molar-refractivity contribution in [1.82, 2.24) is 4.98 Å². The first-order valence-electron chi connectivity index (χ1n) is 7.48. The summed E-state index contributed by atoms with van der Waals surface area (Å²) < 4.78 is 43.0. The molecule has 8 nitrogen and oxygen atoms in total. The molecule has 11 heteroatoms. The minimum absolute atomic E-state index is 0.00841. The number of nitrogens with one attached hydrogen (secondary N) is 1. The number of nitrogens with zero attached hydrogens (tertiary/aromatic N) is 2. The lowest BCUT2D eigenvalue weighted by Gasteiger charge is -2.10. The fourth-order valence-corrected chi connectivity index (χ4v) is 4.58. The molecule has 0 radical (unpaired) electrons. The van der Waals surface area contributed by atoms with Crippen molar-refractivity contribution in [3.8, 4) is 0 Å². The SMILES string of the molecule is O=C(Nc1ncc(F)s1)/C(=N/O)c1ccc(S(=O)(=O)[C@H]2CCOC2)cc1. The molecule has 0 spiro atoms. The van der Waals surface area contributed by atoms with Crippen LogP contribution in [0.15, 0.2) is 40.5 Å². The van der Waals surface area contributed by atoms with Gasteiger partial charge in [-0.25, -0.2) is 13.4 Å². The lowest BCUT2D eigenvalue weighted by Crippen LogP contribution is -2.24. The van der Waals surface area contributed by atoms with Crippen LogP contribution in [-0.2, 0) is 19.4 Å². The van der Waals surface area contributed by atoms with E-state index >= 15 is 0 Å². The maximum Gasteiger partial charge on any atom is 0.280 e. The van der Waals surface area contributed by atoms with Gasteiger partial charge in [-0.2, -0.15) is 4.39 Å². The Labute approximate surface area is 152 Å². The number of thiazole rings is 1. The fourth-order valence-electron chi connectivity index (χ4n) is 2.46. The summed E-state index contributed by atoms with van der Waals surface area (Å²) >= 11 is 0.622. The molecule has 1 aromatic heterocycles. The molecule has 0 saturated carbocycles. The zero-order chi connectivity index (χ0) is 18.7. The predicted octanol–water partition coefficient (Wildman–Crippen LogP) is 1.66. The van der Waals surface area contributed by atoms with Crippen LogP contribution >= 0.6 is 11.3 Å². The Hall–Kier alpha value is -2.37. The number of oxime groups is 1. The van der Waals surface area contributed by atoms with Gasteiger partial charge in [-0.05, 0) is 18.6 Å². The maximum absolute atomic E-state index is 12.9. The molecule has 0 aliphatic carbocycles. The van der Waals surface area contributed by atoms with E-state index in [0.717, 1.165) is 6.20 Å². The third kappa shape index (κ3) is 3.74. The standard InChI is InChI=1S/C15H14FN3O5S2/c16-12-7-17-15(25-12)18-14(20)13(19-21)9-1-3-10(4-2-9)26(22,23)11-5-6-24-8-11/h1-4,7,11,21H,5-6,8H2,(H,17,18,20)/b19-13+/t11-/m0/s1. The first-order valence-corrected chi connectivity index (χ1v) is 9.85. The van der Waals surface area contributed by atoms with Crippen molar-refractivity contribution < 1.29 is 27.5 Å². The lowest BCUT2D eigenvalue weighted by atomic mass is 10.1. The second-order valence-corrected chi connectivity index (χ2v) is 8.64. The largest absolute Gasteiger partial charge is 0.410 e. The molecular weight excluding hydrogens is 385 g/mol. The monoisotopic (exact) mass is 399 g/mol. The number of carbonyl (C=O) groups excluding carboxylic acids is 1. The summed E-state index contributed by atoms with van der Waals surface area (Å²) in [7, 11) is -3.53. The molecule has 3 rings (SSSR count). The van der Waals surface area contributed by atoms with Gasteiger partial charge in [-0.3, -0.25) is 10.1 Å². The minimum atomic E-state index is -3.53. The average Bonchev–Trinajstić information content (AvgIpc) is 3.28. The van der Waals surface area contributed by atoms with E-state index in [2.05, 4.69) is 15.5 Å². The van der Waals surface area contributed by atoms with Crippen molar-refractivity contribution >= 4 is 37.9 Å². The molecule has 1 aliphatic rings. The second kappa shape index (κ2) is 7.48. The molecule has 1 saturated heterocycles. The number of halogens is 1. The molecule has 2 N–H and O–H groups in total. The molecular formula is C15H14FN3O5S2. The summed E-state index contributed by atoms with van der Waals surface area (Å²) in [6.45, 7) is 0.557. The van der Waals surface area contributed by atoms with Crippen LogP contribution in [0, 0.1) is 5.13 Å². The number of benzene rings is 1. The molecule has 1 aliphatic heterocycles. The summed E-state index contributed by atoms with van der Waals surface area (Å²) in [4.78, 5) is 15.9. The predicted molar refractivity (Wildman–Crippen MR) is 91.9 cm³/mol. The van der Waals surface area contributed by atoms with E-state index in [0.29, 0.717) is 24.4 Å². The van der Waals surface area contributed by atoms with Gasteiger partial charge < -0.3 is 9.94 Å². The maximum atomic E-state index is 12.9. The quantitative estimate of drug-likeness (QED) is 0.449. The van der Waals surface area contributed by atoms with Gasteiger partial charge in [0.1, 0.15) is 0 Å². The van der Waals surface area contributed by atoms with E-state index in [4.69, 9.17) is 9.94 Å². The number of hydrogen-bond donors (Lipinski definition) is 2. The van der Waals surface area contributed by atoms with Crippen molar-refractivity contribution in [2.24, 2.45) is 5.16 Å². The molecule has 26 heavy (non-hydrogen) atoms. The Morgan fingerprint density at radius 2 is 2.12 bits per heavy atom. The van der Waals surface area contributed by atoms with Crippen molar-refractivity contribution in [3.63, 3.8) is 0 Å². The van der Waals surface area contributed by atoms with Crippen LogP contribution in [-0.4, -0.2) is 48.7 Å². The Bertz CT molecular complexity index is 934. The average molecular weight is 399 g/mol. The number of sulfone groups is 1. The number of amides is 1. The van der Waals surface area contributed by atoms with Gasteiger partial charge in [0.15, 0.2) is 25.8 Å². The lowest BCUT2D eigenvalue weighted by molar-refractivity contribution is -0.110. The summed E-state index contributed by atoms with van der Waals surface area (Å²) in [5, 5.41) is 13.2. The molecule has 138 valence electrons. The molecule has 1 fully saturated rings. The van der Waals surface area contributed by atoms with E-state index < -0.39 is 26.1 Å². The third-order valence-electron chi connectivity index (χ3n) is 3.80. The van der Waals surface area contributed by atoms with Crippen LogP contribution in [0.1, 0.15) is 12.0 Å². The number of hydrogen-bond acceptors (Lipinski definition) is 8. The van der Waals surface area contributed by atoms with Gasteiger partial charge in [-0.1, -0.05) is 28.6 Å². The first kappa shape index (κ1) is 18.4. The van der Waals surface area contributed by atoms with Crippen LogP contribution in [0.4, 0.5) is 9.52 Å². The number of ether oxygens (including phenoxy) is 1. The molecule has 1 aromatic carbocycles. The fraction of sp³-hybridized carbons (Fsp3) is 0.267. The first-order chi connectivity index (χ1) is 12.4. The van der Waals surface area contributed by atoms with Gasteiger partial charge in [-0.15, -0.1) is 0 Å². The van der Waals surface area contributed by atoms with Gasteiger partial charge in [0.25, 0.3) is 5.91 Å². The van der Waals surface area contributed by atoms with E-state index in [1.807, 2.05) is 0 Å². The summed E-state index contributed by atoms with van der Waals surface area (Å²) in [5.74, 6) is -0.804. The second-order valence-electron chi connectivity index (χ2n) is 5.43. The van der Waals surface area contributed by atoms with Gasteiger partial charge in [0, 0.05) is 12.2 Å². The van der Waals surface area contributed by atoms with Crippen LogP contribution in [0.25, 0.3) is 0 Å². The minimum Gasteiger partial charge on any atom is -0.410 e. The number of carbonyl (C=O) groups is 1. The van der Waals surface area contributed by atoms with Gasteiger partial charge in [0.2, 0.25) is 0 Å². The number of anilines is 1. The van der Waals surface area contributed by atoms with E-state index in [1.54, 1.807) is 0 Å². The Morgan fingerprint density at radius 3 is 2.65 bits per heavy atom. The Kier molecular flexibility index (Phi) is 5.30. The number of rotatable bonds is 5. The van der Waals surface area contributed by atoms with E-state index in [9.17, 15) is 17.6 Å².